The number of allylic oxidation sites excluding steroid dienone is 2. The SMILES string of the molecule is C.CC(C)(C)OC(=O)N1CCC(O)(CS)CC1.O=C1C(=O)c2ccccc2C2=C1SCC1(CCNCC1)O2.O=C1C=C(Cl)c2ccccc2C1=O. The minimum atomic E-state index is -0.721. The van der Waals surface area contributed by atoms with Crippen molar-refractivity contribution in [2.75, 3.05) is 37.7 Å². The van der Waals surface area contributed by atoms with Gasteiger partial charge in [0.15, 0.2) is 0 Å². The average Bonchev–Trinajstić information content (AvgIpc) is 3.10. The monoisotopic (exact) mass is 756 g/mol. The van der Waals surface area contributed by atoms with Crippen molar-refractivity contribution in [2.45, 2.75) is 70.7 Å². The van der Waals surface area contributed by atoms with Crippen molar-refractivity contribution in [3.8, 4) is 0 Å². The van der Waals surface area contributed by atoms with Crippen molar-refractivity contribution in [1.82, 2.24) is 10.2 Å². The van der Waals surface area contributed by atoms with Crippen molar-refractivity contribution in [1.29, 1.82) is 0 Å². The molecular weight excluding hydrogens is 712 g/mol. The fourth-order valence-electron chi connectivity index (χ4n) is 6.01. The van der Waals surface area contributed by atoms with E-state index in [-0.39, 0.29) is 19.1 Å². The number of nitrogens with zero attached hydrogens (tertiary/aromatic N) is 1. The van der Waals surface area contributed by atoms with E-state index < -0.39 is 34.3 Å². The molecule has 3 heterocycles. The van der Waals surface area contributed by atoms with E-state index in [1.54, 1.807) is 41.3 Å². The zero-order valence-corrected chi connectivity index (χ0v) is 30.7. The molecule has 10 nitrogen and oxygen atoms in total. The Hall–Kier alpha value is -3.42. The number of amides is 1. The van der Waals surface area contributed by atoms with Crippen LogP contribution in [0.3, 0.4) is 0 Å². The smallest absolute Gasteiger partial charge is 0.410 e. The van der Waals surface area contributed by atoms with Gasteiger partial charge in [-0.2, -0.15) is 12.6 Å². The minimum absolute atomic E-state index is 0. The van der Waals surface area contributed by atoms with Gasteiger partial charge in [0, 0.05) is 65.8 Å². The number of carbonyl (C=O) groups is 5. The molecule has 2 saturated heterocycles. The van der Waals surface area contributed by atoms with E-state index >= 15 is 0 Å². The Bertz CT molecular complexity index is 1750. The van der Waals surface area contributed by atoms with Gasteiger partial charge in [-0.05, 0) is 46.7 Å². The average molecular weight is 757 g/mol. The number of likely N-dealkylation sites (tertiary alicyclic amines) is 1. The third kappa shape index (κ3) is 9.34. The molecule has 274 valence electrons. The Labute approximate surface area is 313 Å². The number of carbonyl (C=O) groups excluding carboxylic acids is 5. The second-order valence-electron chi connectivity index (χ2n) is 13.8. The van der Waals surface area contributed by atoms with E-state index in [0.29, 0.717) is 64.1 Å². The number of fused-ring (bicyclic) bond motifs is 3. The molecular formula is C38H45ClN2O8S2. The number of Topliss-reactive ketones (excluding diaryl/α,β-unsaturated/α-hetero) is 3. The molecule has 0 radical (unpaired) electrons. The predicted molar refractivity (Wildman–Crippen MR) is 203 cm³/mol. The van der Waals surface area contributed by atoms with Crippen LogP contribution >= 0.6 is 36.0 Å². The third-order valence-corrected chi connectivity index (χ3v) is 11.1. The first kappa shape index (κ1) is 40.4. The van der Waals surface area contributed by atoms with Crippen molar-refractivity contribution in [3.05, 3.63) is 81.8 Å². The van der Waals surface area contributed by atoms with Gasteiger partial charge in [0.05, 0.1) is 10.6 Å². The molecule has 2 N–H and O–H groups in total. The topological polar surface area (TPSA) is 139 Å². The first-order valence-corrected chi connectivity index (χ1v) is 18.5. The summed E-state index contributed by atoms with van der Waals surface area (Å²) in [6.07, 6.45) is 3.86. The van der Waals surface area contributed by atoms with Gasteiger partial charge in [-0.3, -0.25) is 19.2 Å². The standard InChI is InChI=1S/C16H15NO3S.C11H21NO3S.C10H5ClO2.CH4/c18-12-10-3-1-2-4-11(10)14-15(13(12)19)21-9-16(20-14)5-7-17-8-6-16;1-10(2,3)15-9(13)12-6-4-11(14,8-16)5-7-12;11-8-5-9(12)10(13)7-4-2-1-3-6(7)8;/h1-4,17H,5-9H2;14,16H,4-8H2,1-3H3;1-5H;1H4. The highest BCUT2D eigenvalue weighted by atomic mass is 35.5. The molecule has 0 saturated carbocycles. The Balaban J connectivity index is 0.000000176. The number of benzene rings is 2. The second-order valence-corrected chi connectivity index (χ2v) is 15.5. The summed E-state index contributed by atoms with van der Waals surface area (Å²) in [6, 6.07) is 14.0. The Morgan fingerprint density at radius 1 is 0.922 bits per heavy atom. The van der Waals surface area contributed by atoms with Gasteiger partial charge in [-0.1, -0.05) is 67.6 Å². The quantitative estimate of drug-likeness (QED) is 0.223. The lowest BCUT2D eigenvalue weighted by Crippen LogP contribution is -2.48. The van der Waals surface area contributed by atoms with Gasteiger partial charge < -0.3 is 24.8 Å². The van der Waals surface area contributed by atoms with E-state index in [1.165, 1.54) is 11.8 Å². The summed E-state index contributed by atoms with van der Waals surface area (Å²) in [5.74, 6) is -0.0691. The van der Waals surface area contributed by atoms with Gasteiger partial charge in [0.25, 0.3) is 0 Å². The first-order chi connectivity index (χ1) is 23.7. The Morgan fingerprint density at radius 2 is 1.47 bits per heavy atom. The maximum absolute atomic E-state index is 12.3. The Kier molecular flexibility index (Phi) is 13.1. The molecule has 5 aliphatic rings. The van der Waals surface area contributed by atoms with Crippen molar-refractivity contribution in [2.24, 2.45) is 0 Å². The van der Waals surface area contributed by atoms with Gasteiger partial charge in [0.1, 0.15) is 21.9 Å². The van der Waals surface area contributed by atoms with Crippen LogP contribution in [0.25, 0.3) is 10.8 Å². The minimum Gasteiger partial charge on any atom is -0.484 e. The molecule has 2 aliphatic carbocycles. The summed E-state index contributed by atoms with van der Waals surface area (Å²) >= 11 is 11.4. The van der Waals surface area contributed by atoms with Gasteiger partial charge in [-0.25, -0.2) is 4.79 Å². The molecule has 1 spiro atoms. The number of hydrogen-bond acceptors (Lipinski definition) is 11. The largest absolute Gasteiger partial charge is 0.484 e. The Morgan fingerprint density at radius 3 is 2.04 bits per heavy atom. The molecule has 0 atom stereocenters. The van der Waals surface area contributed by atoms with Crippen LogP contribution in [0.4, 0.5) is 4.79 Å². The summed E-state index contributed by atoms with van der Waals surface area (Å²) in [4.78, 5) is 60.7. The van der Waals surface area contributed by atoms with E-state index in [2.05, 4.69) is 17.9 Å². The van der Waals surface area contributed by atoms with Crippen LogP contribution in [-0.4, -0.2) is 93.7 Å². The van der Waals surface area contributed by atoms with Crippen LogP contribution in [0.1, 0.15) is 85.7 Å². The summed E-state index contributed by atoms with van der Waals surface area (Å²) in [5.41, 5.74) is 0.863. The molecule has 3 aliphatic heterocycles. The van der Waals surface area contributed by atoms with Crippen LogP contribution in [0.5, 0.6) is 0 Å². The first-order valence-electron chi connectivity index (χ1n) is 16.5. The second kappa shape index (κ2) is 16.5. The summed E-state index contributed by atoms with van der Waals surface area (Å²) in [5, 5.41) is 13.6. The zero-order valence-electron chi connectivity index (χ0n) is 28.3. The number of aliphatic hydroxyl groups is 1. The van der Waals surface area contributed by atoms with Gasteiger partial charge >= 0.3 is 6.09 Å². The molecule has 0 bridgehead atoms. The highest BCUT2D eigenvalue weighted by Gasteiger charge is 2.45. The van der Waals surface area contributed by atoms with Crippen molar-refractivity contribution in [3.63, 3.8) is 0 Å². The van der Waals surface area contributed by atoms with E-state index in [9.17, 15) is 29.1 Å². The van der Waals surface area contributed by atoms with E-state index in [4.69, 9.17) is 21.1 Å². The molecule has 1 amide bonds. The lowest BCUT2D eigenvalue weighted by atomic mass is 9.90. The van der Waals surface area contributed by atoms with Crippen molar-refractivity contribution < 1.29 is 38.6 Å². The van der Waals surface area contributed by atoms with E-state index in [0.717, 1.165) is 43.3 Å². The van der Waals surface area contributed by atoms with Crippen LogP contribution < -0.4 is 5.32 Å². The third-order valence-electron chi connectivity index (χ3n) is 8.90. The highest BCUT2D eigenvalue weighted by Crippen LogP contribution is 2.46. The number of hydrogen-bond donors (Lipinski definition) is 3. The fourth-order valence-corrected chi connectivity index (χ4v) is 7.85. The maximum atomic E-state index is 12.3. The molecule has 51 heavy (non-hydrogen) atoms. The molecule has 0 aromatic heterocycles. The maximum Gasteiger partial charge on any atom is 0.410 e. The number of piperidine rings is 2. The molecule has 7 rings (SSSR count). The van der Waals surface area contributed by atoms with Crippen molar-refractivity contribution >= 4 is 76.0 Å². The summed E-state index contributed by atoms with van der Waals surface area (Å²) in [6.45, 7) is 8.46. The number of halogens is 1. The van der Waals surface area contributed by atoms with Crippen LogP contribution in [0.2, 0.25) is 0 Å². The van der Waals surface area contributed by atoms with Crippen LogP contribution in [0, 0.1) is 0 Å². The highest BCUT2D eigenvalue weighted by molar-refractivity contribution is 8.04. The number of rotatable bonds is 1. The summed E-state index contributed by atoms with van der Waals surface area (Å²) < 4.78 is 11.6. The fraction of sp³-hybridized carbons (Fsp3) is 0.447. The van der Waals surface area contributed by atoms with Crippen LogP contribution in [0.15, 0.2) is 59.5 Å². The lowest BCUT2D eigenvalue weighted by Gasteiger charge is -2.42. The normalized spacial score (nSPS) is 20.1. The molecule has 2 aromatic carbocycles. The molecule has 13 heteroatoms. The molecule has 2 fully saturated rings. The molecule has 0 unspecified atom stereocenters. The number of ether oxygens (including phenoxy) is 2. The number of ketones is 4. The van der Waals surface area contributed by atoms with Gasteiger partial charge in [-0.15, -0.1) is 11.8 Å². The zero-order chi connectivity index (χ0) is 36.3. The van der Waals surface area contributed by atoms with Crippen LogP contribution in [-0.2, 0) is 19.1 Å². The predicted octanol–water partition coefficient (Wildman–Crippen LogP) is 6.35. The number of thiol groups is 1. The van der Waals surface area contributed by atoms with E-state index in [1.807, 2.05) is 32.9 Å². The summed E-state index contributed by atoms with van der Waals surface area (Å²) in [7, 11) is 0. The number of nitrogens with one attached hydrogen (secondary N) is 1. The lowest BCUT2D eigenvalue weighted by molar-refractivity contribution is -0.112. The van der Waals surface area contributed by atoms with Gasteiger partial charge in [0.2, 0.25) is 23.1 Å². The number of thioether (sulfide) groups is 1. The molecule has 2 aromatic rings.